The molecule has 1 amide bonds. The van der Waals surface area contributed by atoms with Gasteiger partial charge in [0.2, 0.25) is 6.79 Å². The van der Waals surface area contributed by atoms with E-state index in [9.17, 15) is 9.90 Å². The van der Waals surface area contributed by atoms with E-state index >= 15 is 0 Å². The van der Waals surface area contributed by atoms with Gasteiger partial charge in [0.1, 0.15) is 11.5 Å². The molecule has 0 saturated carbocycles. The van der Waals surface area contributed by atoms with E-state index in [0.29, 0.717) is 30.2 Å². The SMILES string of the molecule is COc1ccc(OCC(=O)NCCC(O)c2ccc3c(c2)OCO3)cc1. The first kappa shape index (κ1) is 17.9. The molecule has 2 N–H and O–H groups in total. The van der Waals surface area contributed by atoms with Gasteiger partial charge in [0.15, 0.2) is 18.1 Å². The van der Waals surface area contributed by atoms with Crippen LogP contribution in [0.5, 0.6) is 23.0 Å². The maximum atomic E-state index is 11.8. The summed E-state index contributed by atoms with van der Waals surface area (Å²) >= 11 is 0. The molecule has 0 spiro atoms. The molecule has 0 aromatic heterocycles. The highest BCUT2D eigenvalue weighted by molar-refractivity contribution is 5.77. The molecule has 2 aromatic rings. The number of ether oxygens (including phenoxy) is 4. The second-order valence-corrected chi connectivity index (χ2v) is 5.73. The topological polar surface area (TPSA) is 86.3 Å². The molecule has 0 bridgehead atoms. The molecule has 1 unspecified atom stereocenters. The van der Waals surface area contributed by atoms with Crippen molar-refractivity contribution in [2.75, 3.05) is 27.1 Å². The number of rotatable bonds is 8. The number of benzene rings is 2. The molecule has 1 aliphatic rings. The molecule has 1 atom stereocenters. The normalized spacial score (nSPS) is 13.2. The predicted molar refractivity (Wildman–Crippen MR) is 93.6 cm³/mol. The lowest BCUT2D eigenvalue weighted by Gasteiger charge is -2.12. The third kappa shape index (κ3) is 4.58. The number of amides is 1. The van der Waals surface area contributed by atoms with Crippen LogP contribution >= 0.6 is 0 Å². The average Bonchev–Trinajstić information content (AvgIpc) is 3.14. The first-order valence-electron chi connectivity index (χ1n) is 8.27. The van der Waals surface area contributed by atoms with Crippen LogP contribution in [0.1, 0.15) is 18.1 Å². The Bertz CT molecular complexity index is 746. The summed E-state index contributed by atoms with van der Waals surface area (Å²) in [4.78, 5) is 11.8. The van der Waals surface area contributed by atoms with Gasteiger partial charge in [-0.2, -0.15) is 0 Å². The van der Waals surface area contributed by atoms with E-state index in [1.807, 2.05) is 0 Å². The Kier molecular flexibility index (Phi) is 5.80. The number of carbonyl (C=O) groups excluding carboxylic acids is 1. The molecule has 0 radical (unpaired) electrons. The Morgan fingerprint density at radius 1 is 1.15 bits per heavy atom. The number of carbonyl (C=O) groups is 1. The standard InChI is InChI=1S/C19H21NO6/c1-23-14-3-5-15(6-4-14)24-11-19(22)20-9-8-16(21)13-2-7-17-18(10-13)26-12-25-17/h2-7,10,16,21H,8-9,11-12H2,1H3,(H,20,22). The minimum Gasteiger partial charge on any atom is -0.497 e. The fourth-order valence-corrected chi connectivity index (χ4v) is 2.51. The van der Waals surface area contributed by atoms with Crippen molar-refractivity contribution in [3.63, 3.8) is 0 Å². The Hall–Kier alpha value is -2.93. The van der Waals surface area contributed by atoms with Crippen molar-refractivity contribution in [1.82, 2.24) is 5.32 Å². The Labute approximate surface area is 151 Å². The van der Waals surface area contributed by atoms with Gasteiger partial charge in [-0.25, -0.2) is 0 Å². The number of nitrogens with one attached hydrogen (secondary N) is 1. The van der Waals surface area contributed by atoms with Gasteiger partial charge in [0, 0.05) is 6.54 Å². The van der Waals surface area contributed by atoms with Crippen LogP contribution in [0, 0.1) is 0 Å². The zero-order valence-corrected chi connectivity index (χ0v) is 14.4. The molecule has 3 rings (SSSR count). The van der Waals surface area contributed by atoms with Gasteiger partial charge in [-0.1, -0.05) is 6.07 Å². The van der Waals surface area contributed by atoms with E-state index in [-0.39, 0.29) is 19.3 Å². The third-order valence-electron chi connectivity index (χ3n) is 3.95. The number of aliphatic hydroxyl groups excluding tert-OH is 1. The predicted octanol–water partition coefficient (Wildman–Crippen LogP) is 2.04. The Morgan fingerprint density at radius 2 is 1.88 bits per heavy atom. The van der Waals surface area contributed by atoms with Gasteiger partial charge >= 0.3 is 0 Å². The average molecular weight is 359 g/mol. The minimum atomic E-state index is -0.702. The lowest BCUT2D eigenvalue weighted by Crippen LogP contribution is -2.30. The van der Waals surface area contributed by atoms with Crippen molar-refractivity contribution in [3.05, 3.63) is 48.0 Å². The zero-order valence-electron chi connectivity index (χ0n) is 14.4. The molecular formula is C19H21NO6. The lowest BCUT2D eigenvalue weighted by atomic mass is 10.1. The van der Waals surface area contributed by atoms with E-state index in [1.54, 1.807) is 49.6 Å². The van der Waals surface area contributed by atoms with Crippen LogP contribution in [0.4, 0.5) is 0 Å². The maximum absolute atomic E-state index is 11.8. The molecule has 7 heteroatoms. The van der Waals surface area contributed by atoms with Gasteiger partial charge < -0.3 is 29.4 Å². The van der Waals surface area contributed by atoms with Gasteiger partial charge in [-0.15, -0.1) is 0 Å². The van der Waals surface area contributed by atoms with Crippen molar-refractivity contribution >= 4 is 5.91 Å². The van der Waals surface area contributed by atoms with Crippen LogP contribution in [-0.2, 0) is 4.79 Å². The summed E-state index contributed by atoms with van der Waals surface area (Å²) in [7, 11) is 1.58. The largest absolute Gasteiger partial charge is 0.497 e. The summed E-state index contributed by atoms with van der Waals surface area (Å²) in [6.07, 6.45) is -0.319. The number of aliphatic hydroxyl groups is 1. The van der Waals surface area contributed by atoms with Crippen LogP contribution in [0.2, 0.25) is 0 Å². The number of fused-ring (bicyclic) bond motifs is 1. The van der Waals surface area contributed by atoms with Gasteiger partial charge in [0.05, 0.1) is 13.2 Å². The van der Waals surface area contributed by atoms with Crippen molar-refractivity contribution in [3.8, 4) is 23.0 Å². The maximum Gasteiger partial charge on any atom is 0.257 e. The highest BCUT2D eigenvalue weighted by Crippen LogP contribution is 2.34. The Balaban J connectivity index is 1.39. The molecule has 0 aliphatic carbocycles. The molecule has 7 nitrogen and oxygen atoms in total. The molecule has 1 heterocycles. The van der Waals surface area contributed by atoms with E-state index in [1.165, 1.54) is 0 Å². The van der Waals surface area contributed by atoms with E-state index in [2.05, 4.69) is 5.32 Å². The van der Waals surface area contributed by atoms with Crippen LogP contribution in [0.15, 0.2) is 42.5 Å². The second kappa shape index (κ2) is 8.44. The third-order valence-corrected chi connectivity index (χ3v) is 3.95. The van der Waals surface area contributed by atoms with Crippen LogP contribution in [0.3, 0.4) is 0 Å². The first-order chi connectivity index (χ1) is 12.7. The van der Waals surface area contributed by atoms with Crippen molar-refractivity contribution in [1.29, 1.82) is 0 Å². The lowest BCUT2D eigenvalue weighted by molar-refractivity contribution is -0.123. The number of hydrogen-bond acceptors (Lipinski definition) is 6. The Morgan fingerprint density at radius 3 is 2.65 bits per heavy atom. The summed E-state index contributed by atoms with van der Waals surface area (Å²) in [6, 6.07) is 12.3. The van der Waals surface area contributed by atoms with Crippen molar-refractivity contribution in [2.24, 2.45) is 0 Å². The zero-order chi connectivity index (χ0) is 18.4. The summed E-state index contributed by atoms with van der Waals surface area (Å²) in [6.45, 7) is 0.437. The molecule has 26 heavy (non-hydrogen) atoms. The number of methoxy groups -OCH3 is 1. The quantitative estimate of drug-likeness (QED) is 0.750. The molecule has 0 fully saturated rings. The van der Waals surface area contributed by atoms with Gasteiger partial charge in [-0.05, 0) is 48.4 Å². The van der Waals surface area contributed by atoms with E-state index in [0.717, 1.165) is 11.3 Å². The highest BCUT2D eigenvalue weighted by Gasteiger charge is 2.16. The molecule has 1 aliphatic heterocycles. The fraction of sp³-hybridized carbons (Fsp3) is 0.316. The van der Waals surface area contributed by atoms with E-state index in [4.69, 9.17) is 18.9 Å². The summed E-state index contributed by atoms with van der Waals surface area (Å²) < 4.78 is 21.0. The van der Waals surface area contributed by atoms with Crippen molar-refractivity contribution < 1.29 is 28.8 Å². The molecular weight excluding hydrogens is 338 g/mol. The van der Waals surface area contributed by atoms with Crippen LogP contribution in [-0.4, -0.2) is 38.1 Å². The minimum absolute atomic E-state index is 0.0908. The van der Waals surface area contributed by atoms with Crippen LogP contribution in [0.25, 0.3) is 0 Å². The van der Waals surface area contributed by atoms with Gasteiger partial charge in [-0.3, -0.25) is 4.79 Å². The summed E-state index contributed by atoms with van der Waals surface area (Å²) in [5.74, 6) is 2.35. The second-order valence-electron chi connectivity index (χ2n) is 5.73. The first-order valence-corrected chi connectivity index (χ1v) is 8.27. The summed E-state index contributed by atoms with van der Waals surface area (Å²) in [5, 5.41) is 13.0. The molecule has 2 aromatic carbocycles. The van der Waals surface area contributed by atoms with Crippen molar-refractivity contribution in [2.45, 2.75) is 12.5 Å². The van der Waals surface area contributed by atoms with Gasteiger partial charge in [0.25, 0.3) is 5.91 Å². The highest BCUT2D eigenvalue weighted by atomic mass is 16.7. The van der Waals surface area contributed by atoms with E-state index < -0.39 is 6.10 Å². The fourth-order valence-electron chi connectivity index (χ4n) is 2.51. The molecule has 138 valence electrons. The smallest absolute Gasteiger partial charge is 0.257 e. The monoisotopic (exact) mass is 359 g/mol. The number of hydrogen-bond donors (Lipinski definition) is 2. The summed E-state index contributed by atoms with van der Waals surface area (Å²) in [5.41, 5.74) is 0.720. The van der Waals surface area contributed by atoms with Crippen LogP contribution < -0.4 is 24.3 Å². The molecule has 0 saturated heterocycles.